The summed E-state index contributed by atoms with van der Waals surface area (Å²) in [6.45, 7) is 1.58. The number of nitrogens with zero attached hydrogens (tertiary/aromatic N) is 1. The number of para-hydroxylation sites is 1. The van der Waals surface area contributed by atoms with Crippen molar-refractivity contribution in [1.82, 2.24) is 4.90 Å². The molecule has 1 saturated heterocycles. The SMILES string of the molecule is Nc1c(Cl)cccc1C(=O)N1CCC(CCO)C1. The Morgan fingerprint density at radius 3 is 3.06 bits per heavy atom. The predicted molar refractivity (Wildman–Crippen MR) is 71.6 cm³/mol. The van der Waals surface area contributed by atoms with Crippen molar-refractivity contribution >= 4 is 23.2 Å². The molecule has 1 unspecified atom stereocenters. The van der Waals surface area contributed by atoms with Gasteiger partial charge >= 0.3 is 0 Å². The number of carbonyl (C=O) groups excluding carboxylic acids is 1. The molecule has 1 heterocycles. The molecule has 18 heavy (non-hydrogen) atoms. The predicted octanol–water partition coefficient (Wildman–Crippen LogP) is 1.77. The second-order valence-electron chi connectivity index (χ2n) is 4.62. The number of anilines is 1. The fourth-order valence-corrected chi connectivity index (χ4v) is 2.50. The van der Waals surface area contributed by atoms with Gasteiger partial charge in [0, 0.05) is 19.7 Å². The van der Waals surface area contributed by atoms with Crippen molar-refractivity contribution in [1.29, 1.82) is 0 Å². The number of hydrogen-bond donors (Lipinski definition) is 2. The van der Waals surface area contributed by atoms with E-state index in [1.807, 2.05) is 0 Å². The lowest BCUT2D eigenvalue weighted by Gasteiger charge is -2.17. The van der Waals surface area contributed by atoms with Crippen LogP contribution in [0.2, 0.25) is 5.02 Å². The smallest absolute Gasteiger partial charge is 0.256 e. The Morgan fingerprint density at radius 2 is 2.33 bits per heavy atom. The van der Waals surface area contributed by atoms with Gasteiger partial charge in [0.25, 0.3) is 5.91 Å². The van der Waals surface area contributed by atoms with Crippen molar-refractivity contribution in [3.63, 3.8) is 0 Å². The van der Waals surface area contributed by atoms with Crippen LogP contribution >= 0.6 is 11.6 Å². The van der Waals surface area contributed by atoms with E-state index in [0.29, 0.717) is 28.7 Å². The minimum absolute atomic E-state index is 0.0737. The molecular formula is C13H17ClN2O2. The first-order valence-corrected chi connectivity index (χ1v) is 6.45. The van der Waals surface area contributed by atoms with Crippen LogP contribution < -0.4 is 5.73 Å². The number of nitrogen functional groups attached to an aromatic ring is 1. The molecule has 1 aromatic rings. The summed E-state index contributed by atoms with van der Waals surface area (Å²) in [6.07, 6.45) is 1.68. The molecule has 0 bridgehead atoms. The molecule has 1 fully saturated rings. The topological polar surface area (TPSA) is 66.6 Å². The average Bonchev–Trinajstić information content (AvgIpc) is 2.81. The average molecular weight is 269 g/mol. The van der Waals surface area contributed by atoms with Crippen molar-refractivity contribution in [2.45, 2.75) is 12.8 Å². The molecule has 1 aliphatic rings. The number of carbonyl (C=O) groups is 1. The van der Waals surface area contributed by atoms with Crippen LogP contribution in [-0.4, -0.2) is 35.6 Å². The summed E-state index contributed by atoms with van der Waals surface area (Å²) in [5, 5.41) is 9.32. The number of hydrogen-bond acceptors (Lipinski definition) is 3. The Morgan fingerprint density at radius 1 is 1.56 bits per heavy atom. The highest BCUT2D eigenvalue weighted by molar-refractivity contribution is 6.33. The largest absolute Gasteiger partial charge is 0.397 e. The Bertz CT molecular complexity index is 451. The first-order valence-electron chi connectivity index (χ1n) is 6.07. The molecule has 4 nitrogen and oxygen atoms in total. The van der Waals surface area contributed by atoms with E-state index in [2.05, 4.69) is 0 Å². The Labute approximate surface area is 111 Å². The molecule has 5 heteroatoms. The summed E-state index contributed by atoms with van der Waals surface area (Å²) in [7, 11) is 0. The summed E-state index contributed by atoms with van der Waals surface area (Å²) >= 11 is 5.91. The molecule has 0 aliphatic carbocycles. The first kappa shape index (κ1) is 13.2. The highest BCUT2D eigenvalue weighted by Gasteiger charge is 2.27. The molecule has 0 spiro atoms. The minimum Gasteiger partial charge on any atom is -0.397 e. The Hall–Kier alpha value is -1.26. The molecule has 1 aromatic carbocycles. The maximum Gasteiger partial charge on any atom is 0.256 e. The second-order valence-corrected chi connectivity index (χ2v) is 5.03. The normalized spacial score (nSPS) is 19.2. The molecule has 0 aromatic heterocycles. The second kappa shape index (κ2) is 5.59. The van der Waals surface area contributed by atoms with Crippen molar-refractivity contribution in [2.75, 3.05) is 25.4 Å². The van der Waals surface area contributed by atoms with Gasteiger partial charge < -0.3 is 15.7 Å². The number of nitrogens with two attached hydrogens (primary N) is 1. The maximum absolute atomic E-state index is 12.3. The molecule has 1 amide bonds. The van der Waals surface area contributed by atoms with Gasteiger partial charge in [-0.3, -0.25) is 4.79 Å². The lowest BCUT2D eigenvalue weighted by Crippen LogP contribution is -2.29. The van der Waals surface area contributed by atoms with E-state index in [1.165, 1.54) is 0 Å². The standard InChI is InChI=1S/C13H17ClN2O2/c14-11-3-1-2-10(12(11)15)13(18)16-6-4-9(8-16)5-7-17/h1-3,9,17H,4-8,15H2. The molecule has 1 atom stereocenters. The van der Waals surface area contributed by atoms with Gasteiger partial charge in [-0.15, -0.1) is 0 Å². The van der Waals surface area contributed by atoms with E-state index in [4.69, 9.17) is 22.4 Å². The van der Waals surface area contributed by atoms with E-state index >= 15 is 0 Å². The third kappa shape index (κ3) is 2.60. The van der Waals surface area contributed by atoms with E-state index in [9.17, 15) is 4.79 Å². The zero-order chi connectivity index (χ0) is 13.1. The van der Waals surface area contributed by atoms with Crippen LogP contribution in [0.5, 0.6) is 0 Å². The van der Waals surface area contributed by atoms with Crippen LogP contribution in [0.1, 0.15) is 23.2 Å². The van der Waals surface area contributed by atoms with E-state index < -0.39 is 0 Å². The zero-order valence-electron chi connectivity index (χ0n) is 10.1. The molecule has 3 N–H and O–H groups in total. The molecule has 1 aliphatic heterocycles. The van der Waals surface area contributed by atoms with Gasteiger partial charge in [0.2, 0.25) is 0 Å². The highest BCUT2D eigenvalue weighted by Crippen LogP contribution is 2.26. The third-order valence-electron chi connectivity index (χ3n) is 3.39. The third-order valence-corrected chi connectivity index (χ3v) is 3.72. The minimum atomic E-state index is -0.0737. The number of amides is 1. The van der Waals surface area contributed by atoms with Gasteiger partial charge in [0.15, 0.2) is 0 Å². The van der Waals surface area contributed by atoms with Crippen LogP contribution in [0.4, 0.5) is 5.69 Å². The summed E-state index contributed by atoms with van der Waals surface area (Å²) in [6, 6.07) is 5.10. The summed E-state index contributed by atoms with van der Waals surface area (Å²) in [5.41, 5.74) is 6.63. The van der Waals surface area contributed by atoms with E-state index in [0.717, 1.165) is 19.4 Å². The van der Waals surface area contributed by atoms with Gasteiger partial charge in [-0.1, -0.05) is 17.7 Å². The van der Waals surface area contributed by atoms with Crippen LogP contribution in [0.3, 0.4) is 0 Å². The van der Waals surface area contributed by atoms with E-state index in [-0.39, 0.29) is 12.5 Å². The van der Waals surface area contributed by atoms with Gasteiger partial charge in [-0.25, -0.2) is 0 Å². The Balaban J connectivity index is 2.11. The lowest BCUT2D eigenvalue weighted by molar-refractivity contribution is 0.0786. The van der Waals surface area contributed by atoms with Crippen LogP contribution in [0, 0.1) is 5.92 Å². The van der Waals surface area contributed by atoms with Gasteiger partial charge in [0.05, 0.1) is 16.3 Å². The van der Waals surface area contributed by atoms with Crippen LogP contribution in [0.15, 0.2) is 18.2 Å². The van der Waals surface area contributed by atoms with Gasteiger partial charge in [-0.05, 0) is 30.9 Å². The molecule has 98 valence electrons. The summed E-state index contributed by atoms with van der Waals surface area (Å²) in [5.74, 6) is 0.315. The molecule has 0 radical (unpaired) electrons. The maximum atomic E-state index is 12.3. The van der Waals surface area contributed by atoms with Crippen LogP contribution in [0.25, 0.3) is 0 Å². The van der Waals surface area contributed by atoms with Gasteiger partial charge in [0.1, 0.15) is 0 Å². The number of aliphatic hydroxyl groups excluding tert-OH is 1. The molecule has 0 saturated carbocycles. The monoisotopic (exact) mass is 268 g/mol. The number of likely N-dealkylation sites (tertiary alicyclic amines) is 1. The summed E-state index contributed by atoms with van der Waals surface area (Å²) in [4.78, 5) is 14.1. The number of rotatable bonds is 3. The molecular weight excluding hydrogens is 252 g/mol. The number of aliphatic hydroxyl groups is 1. The van der Waals surface area contributed by atoms with E-state index in [1.54, 1.807) is 23.1 Å². The fourth-order valence-electron chi connectivity index (χ4n) is 2.33. The number of halogens is 1. The number of benzene rings is 1. The highest BCUT2D eigenvalue weighted by atomic mass is 35.5. The van der Waals surface area contributed by atoms with Crippen molar-refractivity contribution in [3.05, 3.63) is 28.8 Å². The van der Waals surface area contributed by atoms with Crippen molar-refractivity contribution in [3.8, 4) is 0 Å². The Kier molecular flexibility index (Phi) is 4.09. The zero-order valence-corrected chi connectivity index (χ0v) is 10.9. The van der Waals surface area contributed by atoms with Crippen molar-refractivity contribution in [2.24, 2.45) is 5.92 Å². The summed E-state index contributed by atoms with van der Waals surface area (Å²) < 4.78 is 0. The fraction of sp³-hybridized carbons (Fsp3) is 0.462. The lowest BCUT2D eigenvalue weighted by atomic mass is 10.1. The van der Waals surface area contributed by atoms with Crippen LogP contribution in [-0.2, 0) is 0 Å². The first-order chi connectivity index (χ1) is 8.63. The van der Waals surface area contributed by atoms with Gasteiger partial charge in [-0.2, -0.15) is 0 Å². The van der Waals surface area contributed by atoms with Crippen molar-refractivity contribution < 1.29 is 9.90 Å². The molecule has 2 rings (SSSR count). The quantitative estimate of drug-likeness (QED) is 0.821.